The number of nitrogens with one attached hydrogen (secondary N) is 1. The molecule has 0 fully saturated rings. The summed E-state index contributed by atoms with van der Waals surface area (Å²) in [4.78, 5) is 24.8. The first-order chi connectivity index (χ1) is 10.6. The second-order valence-corrected chi connectivity index (χ2v) is 6.47. The molecule has 0 aromatic heterocycles. The summed E-state index contributed by atoms with van der Waals surface area (Å²) >= 11 is 2.79. The van der Waals surface area contributed by atoms with Crippen molar-refractivity contribution in [1.82, 2.24) is 0 Å². The molecule has 0 unspecified atom stereocenters. The molecule has 0 spiro atoms. The smallest absolute Gasteiger partial charge is 0.234 e. The van der Waals surface area contributed by atoms with Gasteiger partial charge in [0.2, 0.25) is 11.8 Å². The summed E-state index contributed by atoms with van der Waals surface area (Å²) in [7, 11) is 0. The van der Waals surface area contributed by atoms with Crippen LogP contribution in [0.25, 0.3) is 0 Å². The van der Waals surface area contributed by atoms with Crippen molar-refractivity contribution < 1.29 is 9.59 Å². The Labute approximate surface area is 137 Å². The summed E-state index contributed by atoms with van der Waals surface area (Å²) in [5.74, 6) is 0.0524. The van der Waals surface area contributed by atoms with Gasteiger partial charge in [0.05, 0.1) is 17.2 Å². The lowest BCUT2D eigenvalue weighted by atomic mass is 10.3. The fourth-order valence-corrected chi connectivity index (χ4v) is 3.16. The Hall–Kier alpha value is -1.92. The van der Waals surface area contributed by atoms with E-state index in [0.29, 0.717) is 11.4 Å². The topological polar surface area (TPSA) is 72.2 Å². The molecule has 0 aliphatic carbocycles. The van der Waals surface area contributed by atoms with Gasteiger partial charge in [-0.2, -0.15) is 0 Å². The molecular weight excluding hydrogens is 316 g/mol. The Morgan fingerprint density at radius 2 is 1.59 bits per heavy atom. The summed E-state index contributed by atoms with van der Waals surface area (Å²) in [6.07, 6.45) is 0. The van der Waals surface area contributed by atoms with Crippen molar-refractivity contribution in [3.05, 3.63) is 54.6 Å². The van der Waals surface area contributed by atoms with Crippen molar-refractivity contribution in [3.63, 3.8) is 0 Å². The first-order valence-electron chi connectivity index (χ1n) is 6.63. The number of primary amides is 1. The van der Waals surface area contributed by atoms with Gasteiger partial charge in [-0.05, 0) is 24.3 Å². The van der Waals surface area contributed by atoms with E-state index in [2.05, 4.69) is 5.32 Å². The molecule has 0 heterocycles. The van der Waals surface area contributed by atoms with Crippen LogP contribution in [0.1, 0.15) is 0 Å². The quantitative estimate of drug-likeness (QED) is 0.765. The number of para-hydroxylation sites is 1. The van der Waals surface area contributed by atoms with Crippen LogP contribution in [-0.2, 0) is 9.59 Å². The molecule has 3 N–H and O–H groups in total. The minimum absolute atomic E-state index is 0.0824. The van der Waals surface area contributed by atoms with E-state index in [1.165, 1.54) is 23.5 Å². The predicted molar refractivity (Wildman–Crippen MR) is 92.2 cm³/mol. The minimum atomic E-state index is -0.384. The number of thioether (sulfide) groups is 2. The third-order valence-corrected chi connectivity index (χ3v) is 4.75. The molecule has 2 amide bonds. The van der Waals surface area contributed by atoms with E-state index in [9.17, 15) is 9.59 Å². The third kappa shape index (κ3) is 5.46. The normalized spacial score (nSPS) is 10.2. The molecule has 0 atom stereocenters. The summed E-state index contributed by atoms with van der Waals surface area (Å²) in [6.45, 7) is 0. The lowest BCUT2D eigenvalue weighted by Gasteiger charge is -2.10. The van der Waals surface area contributed by atoms with Gasteiger partial charge >= 0.3 is 0 Å². The Balaban J connectivity index is 1.92. The van der Waals surface area contributed by atoms with Gasteiger partial charge in [-0.3, -0.25) is 9.59 Å². The van der Waals surface area contributed by atoms with E-state index in [1.54, 1.807) is 0 Å². The highest BCUT2D eigenvalue weighted by molar-refractivity contribution is 8.00. The van der Waals surface area contributed by atoms with Gasteiger partial charge in [-0.1, -0.05) is 30.3 Å². The average molecular weight is 332 g/mol. The molecule has 0 aliphatic rings. The van der Waals surface area contributed by atoms with E-state index in [1.807, 2.05) is 54.6 Å². The summed E-state index contributed by atoms with van der Waals surface area (Å²) < 4.78 is 0. The number of amides is 2. The van der Waals surface area contributed by atoms with Gasteiger partial charge in [-0.15, -0.1) is 23.5 Å². The number of rotatable bonds is 7. The highest BCUT2D eigenvalue weighted by atomic mass is 32.2. The lowest BCUT2D eigenvalue weighted by Crippen LogP contribution is -2.15. The van der Waals surface area contributed by atoms with Crippen LogP contribution in [0.15, 0.2) is 64.4 Å². The van der Waals surface area contributed by atoms with Crippen LogP contribution in [0.3, 0.4) is 0 Å². The van der Waals surface area contributed by atoms with E-state index in [-0.39, 0.29) is 17.6 Å². The number of benzene rings is 2. The van der Waals surface area contributed by atoms with E-state index in [4.69, 9.17) is 5.73 Å². The lowest BCUT2D eigenvalue weighted by molar-refractivity contribution is -0.115. The molecular formula is C16H16N2O2S2. The fourth-order valence-electron chi connectivity index (χ4n) is 1.70. The standard InChI is InChI=1S/C16H16N2O2S2/c17-15(19)10-22-14-9-5-4-8-13(14)18-16(20)11-21-12-6-2-1-3-7-12/h1-9H,10-11H2,(H2,17,19)(H,18,20). The Bertz CT molecular complexity index is 648. The predicted octanol–water partition coefficient (Wildman–Crippen LogP) is 2.99. The average Bonchev–Trinajstić information content (AvgIpc) is 2.53. The number of hydrogen-bond acceptors (Lipinski definition) is 4. The minimum Gasteiger partial charge on any atom is -0.369 e. The van der Waals surface area contributed by atoms with Gasteiger partial charge in [-0.25, -0.2) is 0 Å². The number of nitrogens with two attached hydrogens (primary N) is 1. The van der Waals surface area contributed by atoms with Crippen molar-refractivity contribution in [3.8, 4) is 0 Å². The van der Waals surface area contributed by atoms with Crippen LogP contribution in [0.4, 0.5) is 5.69 Å². The van der Waals surface area contributed by atoms with Gasteiger partial charge < -0.3 is 11.1 Å². The van der Waals surface area contributed by atoms with Crippen LogP contribution in [-0.4, -0.2) is 23.3 Å². The van der Waals surface area contributed by atoms with Crippen molar-refractivity contribution >= 4 is 41.0 Å². The zero-order valence-corrected chi connectivity index (χ0v) is 13.5. The number of carbonyl (C=O) groups excluding carboxylic acids is 2. The molecule has 0 radical (unpaired) electrons. The van der Waals surface area contributed by atoms with Crippen molar-refractivity contribution in [2.75, 3.05) is 16.8 Å². The molecule has 2 aromatic carbocycles. The Kier molecular flexibility index (Phi) is 6.36. The number of carbonyl (C=O) groups is 2. The monoisotopic (exact) mass is 332 g/mol. The largest absolute Gasteiger partial charge is 0.369 e. The summed E-state index contributed by atoms with van der Waals surface area (Å²) in [5.41, 5.74) is 5.85. The van der Waals surface area contributed by atoms with E-state index >= 15 is 0 Å². The van der Waals surface area contributed by atoms with Crippen LogP contribution in [0, 0.1) is 0 Å². The molecule has 0 saturated carbocycles. The van der Waals surface area contributed by atoms with Crippen molar-refractivity contribution in [2.45, 2.75) is 9.79 Å². The van der Waals surface area contributed by atoms with Gasteiger partial charge in [0.15, 0.2) is 0 Å². The molecule has 0 aliphatic heterocycles. The van der Waals surface area contributed by atoms with Crippen LogP contribution < -0.4 is 11.1 Å². The van der Waals surface area contributed by atoms with Crippen molar-refractivity contribution in [1.29, 1.82) is 0 Å². The Morgan fingerprint density at radius 3 is 2.32 bits per heavy atom. The molecule has 22 heavy (non-hydrogen) atoms. The number of hydrogen-bond donors (Lipinski definition) is 2. The first kappa shape index (κ1) is 16.5. The zero-order valence-electron chi connectivity index (χ0n) is 11.8. The maximum atomic E-state index is 12.0. The van der Waals surface area contributed by atoms with Crippen LogP contribution in [0.2, 0.25) is 0 Å². The highest BCUT2D eigenvalue weighted by Crippen LogP contribution is 2.27. The fraction of sp³-hybridized carbons (Fsp3) is 0.125. The zero-order chi connectivity index (χ0) is 15.8. The Morgan fingerprint density at radius 1 is 0.909 bits per heavy atom. The van der Waals surface area contributed by atoms with Gasteiger partial charge in [0.25, 0.3) is 0 Å². The highest BCUT2D eigenvalue weighted by Gasteiger charge is 2.08. The molecule has 114 valence electrons. The van der Waals surface area contributed by atoms with Crippen LogP contribution in [0.5, 0.6) is 0 Å². The van der Waals surface area contributed by atoms with Crippen molar-refractivity contribution in [2.24, 2.45) is 5.73 Å². The SMILES string of the molecule is NC(=O)CSc1ccccc1NC(=O)CSc1ccccc1. The second kappa shape index (κ2) is 8.51. The molecule has 4 nitrogen and oxygen atoms in total. The third-order valence-electron chi connectivity index (χ3n) is 2.64. The van der Waals surface area contributed by atoms with Crippen LogP contribution >= 0.6 is 23.5 Å². The molecule has 6 heteroatoms. The maximum Gasteiger partial charge on any atom is 0.234 e. The van der Waals surface area contributed by atoms with E-state index in [0.717, 1.165) is 9.79 Å². The van der Waals surface area contributed by atoms with E-state index < -0.39 is 0 Å². The molecule has 0 saturated heterocycles. The second-order valence-electron chi connectivity index (χ2n) is 4.40. The summed E-state index contributed by atoms with van der Waals surface area (Å²) in [5, 5.41) is 2.87. The maximum absolute atomic E-state index is 12.0. The molecule has 0 bridgehead atoms. The van der Waals surface area contributed by atoms with Gasteiger partial charge in [0, 0.05) is 9.79 Å². The number of anilines is 1. The van der Waals surface area contributed by atoms with Gasteiger partial charge in [0.1, 0.15) is 0 Å². The molecule has 2 rings (SSSR count). The molecule has 2 aromatic rings. The summed E-state index contributed by atoms with van der Waals surface area (Å²) in [6, 6.07) is 17.1. The first-order valence-corrected chi connectivity index (χ1v) is 8.60.